The van der Waals surface area contributed by atoms with Gasteiger partial charge in [0.25, 0.3) is 0 Å². The Morgan fingerprint density at radius 2 is 1.86 bits per heavy atom. The summed E-state index contributed by atoms with van der Waals surface area (Å²) in [4.78, 5) is 0. The van der Waals surface area contributed by atoms with Crippen molar-refractivity contribution in [1.29, 1.82) is 0 Å². The Morgan fingerprint density at radius 1 is 1.43 bits per heavy atom. The van der Waals surface area contributed by atoms with E-state index < -0.39 is 0 Å². The summed E-state index contributed by atoms with van der Waals surface area (Å²) in [5.41, 5.74) is 5.08. The molecule has 0 aromatic heterocycles. The molecule has 3 N–H and O–H groups in total. The fourth-order valence-corrected chi connectivity index (χ4v) is 0.144. The first-order valence-corrected chi connectivity index (χ1v) is 1.76. The average Bonchev–Trinajstić information content (AvgIpc) is 1.41. The summed E-state index contributed by atoms with van der Waals surface area (Å²) in [6, 6.07) is 0. The van der Waals surface area contributed by atoms with Crippen molar-refractivity contribution in [2.75, 3.05) is 20.1 Å². The van der Waals surface area contributed by atoms with Crippen LogP contribution in [0.3, 0.4) is 0 Å². The number of hydrogen-bond acceptors (Lipinski definition) is 2. The van der Waals surface area contributed by atoms with E-state index in [1.807, 2.05) is 7.05 Å². The van der Waals surface area contributed by atoms with Crippen LogP contribution in [-0.2, 0) is 0 Å². The first kappa shape index (κ1) is 16.0. The van der Waals surface area contributed by atoms with Crippen LogP contribution in [0.15, 0.2) is 0 Å². The molecule has 0 saturated heterocycles. The van der Waals surface area contributed by atoms with E-state index in [1.54, 1.807) is 0 Å². The number of nitrogens with two attached hydrogens (primary N) is 1. The van der Waals surface area contributed by atoms with Crippen molar-refractivity contribution in [2.45, 2.75) is 0 Å². The molecule has 0 aliphatic heterocycles. The van der Waals surface area contributed by atoms with Crippen molar-refractivity contribution < 1.29 is 0 Å². The Hall–Kier alpha value is 1.92. The van der Waals surface area contributed by atoms with Crippen LogP contribution in [0.5, 0.6) is 0 Å². The fourth-order valence-electron chi connectivity index (χ4n) is 0.144. The normalized spacial score (nSPS) is 6.00. The van der Waals surface area contributed by atoms with E-state index >= 15 is 0 Å². The third-order valence-electron chi connectivity index (χ3n) is 0.394. The number of likely N-dealkylation sites (N-methyl/N-ethyl adjacent to an activating group) is 1. The molecule has 0 aromatic rings. The summed E-state index contributed by atoms with van der Waals surface area (Å²) in [7, 11) is 1.88. The fraction of sp³-hybridized carbons (Fsp3) is 1.00. The minimum atomic E-state index is 0. The SMILES string of the molecule is CNCCN.[NaH].[NaH]. The van der Waals surface area contributed by atoms with Crippen molar-refractivity contribution in [3.63, 3.8) is 0 Å². The van der Waals surface area contributed by atoms with Crippen molar-refractivity contribution in [3.05, 3.63) is 0 Å². The Balaban J connectivity index is -0.0000000800. The second kappa shape index (κ2) is 15.7. The van der Waals surface area contributed by atoms with E-state index in [0.717, 1.165) is 13.1 Å². The van der Waals surface area contributed by atoms with E-state index in [-0.39, 0.29) is 59.1 Å². The molecule has 0 atom stereocenters. The molecule has 7 heavy (non-hydrogen) atoms. The van der Waals surface area contributed by atoms with Crippen LogP contribution in [0, 0.1) is 0 Å². The summed E-state index contributed by atoms with van der Waals surface area (Å²) in [6.45, 7) is 1.65. The minimum absolute atomic E-state index is 0. The summed E-state index contributed by atoms with van der Waals surface area (Å²) in [6.07, 6.45) is 0. The molecule has 0 saturated carbocycles. The van der Waals surface area contributed by atoms with Crippen molar-refractivity contribution in [3.8, 4) is 0 Å². The maximum atomic E-state index is 5.08. The van der Waals surface area contributed by atoms with Crippen LogP contribution in [0.2, 0.25) is 0 Å². The average molecular weight is 122 g/mol. The molecule has 0 aromatic carbocycles. The van der Waals surface area contributed by atoms with E-state index in [1.165, 1.54) is 0 Å². The Morgan fingerprint density at radius 3 is 1.86 bits per heavy atom. The maximum absolute atomic E-state index is 5.08. The molecular formula is C3H12N2Na2. The molecule has 36 valence electrons. The third kappa shape index (κ3) is 18.1. The van der Waals surface area contributed by atoms with E-state index in [4.69, 9.17) is 5.73 Å². The monoisotopic (exact) mass is 122 g/mol. The van der Waals surface area contributed by atoms with Crippen LogP contribution >= 0.6 is 0 Å². The van der Waals surface area contributed by atoms with E-state index in [2.05, 4.69) is 5.32 Å². The molecular weight excluding hydrogens is 110 g/mol. The molecule has 0 aliphatic carbocycles. The van der Waals surface area contributed by atoms with Crippen LogP contribution in [0.4, 0.5) is 0 Å². The van der Waals surface area contributed by atoms with Crippen LogP contribution in [0.25, 0.3) is 0 Å². The van der Waals surface area contributed by atoms with Gasteiger partial charge in [0.05, 0.1) is 0 Å². The van der Waals surface area contributed by atoms with Crippen molar-refractivity contribution >= 4 is 59.1 Å². The molecule has 0 radical (unpaired) electrons. The number of rotatable bonds is 2. The van der Waals surface area contributed by atoms with Gasteiger partial charge in [0.1, 0.15) is 0 Å². The van der Waals surface area contributed by atoms with E-state index in [9.17, 15) is 0 Å². The van der Waals surface area contributed by atoms with Gasteiger partial charge in [-0.2, -0.15) is 0 Å². The second-order valence-corrected chi connectivity index (χ2v) is 0.892. The predicted molar refractivity (Wildman–Crippen MR) is 37.3 cm³/mol. The zero-order valence-electron chi connectivity index (χ0n) is 3.49. The standard InChI is InChI=1S/C3H10N2.2Na.2H/c1-5-3-2-4;;;;/h5H,2-4H2,1H3;;;;. The van der Waals surface area contributed by atoms with Gasteiger partial charge in [0.2, 0.25) is 0 Å². The Labute approximate surface area is 89.2 Å². The topological polar surface area (TPSA) is 38.0 Å². The molecule has 0 spiro atoms. The van der Waals surface area contributed by atoms with Crippen LogP contribution in [-0.4, -0.2) is 79.3 Å². The second-order valence-electron chi connectivity index (χ2n) is 0.892. The van der Waals surface area contributed by atoms with Crippen molar-refractivity contribution in [2.24, 2.45) is 5.73 Å². The zero-order valence-corrected chi connectivity index (χ0v) is 3.49. The van der Waals surface area contributed by atoms with Gasteiger partial charge < -0.3 is 11.1 Å². The molecule has 0 heterocycles. The first-order valence-electron chi connectivity index (χ1n) is 1.76. The quantitative estimate of drug-likeness (QED) is 0.410. The molecule has 0 unspecified atom stereocenters. The Kier molecular flexibility index (Phi) is 35.7. The van der Waals surface area contributed by atoms with Crippen LogP contribution < -0.4 is 11.1 Å². The van der Waals surface area contributed by atoms with Gasteiger partial charge in [-0.3, -0.25) is 0 Å². The third-order valence-corrected chi connectivity index (χ3v) is 0.394. The van der Waals surface area contributed by atoms with Crippen LogP contribution in [0.1, 0.15) is 0 Å². The van der Waals surface area contributed by atoms with Gasteiger partial charge in [-0.25, -0.2) is 0 Å². The summed E-state index contributed by atoms with van der Waals surface area (Å²) in [5.74, 6) is 0. The first-order chi connectivity index (χ1) is 2.41. The molecule has 0 aliphatic rings. The Bertz CT molecular complexity index is 18.4. The zero-order chi connectivity index (χ0) is 4.12. The van der Waals surface area contributed by atoms with E-state index in [0.29, 0.717) is 0 Å². The van der Waals surface area contributed by atoms with Gasteiger partial charge in [-0.05, 0) is 7.05 Å². The molecule has 0 bridgehead atoms. The molecule has 0 amide bonds. The number of nitrogens with one attached hydrogen (secondary N) is 1. The van der Waals surface area contributed by atoms with Gasteiger partial charge >= 0.3 is 59.1 Å². The van der Waals surface area contributed by atoms with Gasteiger partial charge in [0, 0.05) is 13.1 Å². The molecule has 4 heteroatoms. The summed E-state index contributed by atoms with van der Waals surface area (Å²) in [5, 5.41) is 2.89. The predicted octanol–water partition coefficient (Wildman–Crippen LogP) is -2.13. The van der Waals surface area contributed by atoms with Gasteiger partial charge in [-0.15, -0.1) is 0 Å². The van der Waals surface area contributed by atoms with Gasteiger partial charge in [0.15, 0.2) is 0 Å². The molecule has 2 nitrogen and oxygen atoms in total. The summed E-state index contributed by atoms with van der Waals surface area (Å²) >= 11 is 0. The van der Waals surface area contributed by atoms with Crippen molar-refractivity contribution in [1.82, 2.24) is 5.32 Å². The molecule has 0 fully saturated rings. The summed E-state index contributed by atoms with van der Waals surface area (Å²) < 4.78 is 0. The molecule has 0 rings (SSSR count). The number of hydrogen-bond donors (Lipinski definition) is 2. The van der Waals surface area contributed by atoms with Gasteiger partial charge in [-0.1, -0.05) is 0 Å².